The van der Waals surface area contributed by atoms with Crippen LogP contribution in [-0.2, 0) is 0 Å². The predicted octanol–water partition coefficient (Wildman–Crippen LogP) is 5.64. The van der Waals surface area contributed by atoms with Gasteiger partial charge in [-0.3, -0.25) is 0 Å². The first-order valence-electron chi connectivity index (χ1n) is 5.97. The van der Waals surface area contributed by atoms with Crippen molar-refractivity contribution in [3.8, 4) is 0 Å². The van der Waals surface area contributed by atoms with E-state index in [-0.39, 0.29) is 0 Å². The molecule has 1 aliphatic rings. The normalized spacial score (nSPS) is 24.7. The molecule has 2 unspecified atom stereocenters. The first-order chi connectivity index (χ1) is 8.06. The molecule has 0 radical (unpaired) electrons. The summed E-state index contributed by atoms with van der Waals surface area (Å²) in [5.41, 5.74) is 0.817. The number of nitrogens with one attached hydrogen (secondary N) is 1. The summed E-state index contributed by atoms with van der Waals surface area (Å²) in [5, 5.41) is 5.22. The molecule has 1 nitrogen and oxygen atoms in total. The Kier molecular flexibility index (Phi) is 4.46. The molecule has 1 aliphatic carbocycles. The Bertz CT molecular complexity index is 383. The summed E-state index contributed by atoms with van der Waals surface area (Å²) in [6.07, 6.45) is 4.94. The van der Waals surface area contributed by atoms with E-state index in [0.717, 1.165) is 11.6 Å². The quantitative estimate of drug-likeness (QED) is 0.744. The highest BCUT2D eigenvalue weighted by molar-refractivity contribution is 6.41. The zero-order chi connectivity index (χ0) is 12.4. The zero-order valence-electron chi connectivity index (χ0n) is 9.77. The topological polar surface area (TPSA) is 12.0 Å². The monoisotopic (exact) mass is 291 g/mol. The van der Waals surface area contributed by atoms with Crippen LogP contribution in [0, 0.1) is 5.92 Å². The molecule has 0 amide bonds. The molecule has 94 valence electrons. The minimum atomic E-state index is 0.468. The molecule has 0 bridgehead atoms. The van der Waals surface area contributed by atoms with Crippen molar-refractivity contribution >= 4 is 40.5 Å². The molecular formula is C13H16Cl3N. The molecule has 1 aromatic rings. The average Bonchev–Trinajstić information content (AvgIpc) is 2.23. The van der Waals surface area contributed by atoms with Gasteiger partial charge in [0.05, 0.1) is 15.7 Å². The number of anilines is 1. The highest BCUT2D eigenvalue weighted by Gasteiger charge is 2.20. The Labute approximate surface area is 117 Å². The van der Waals surface area contributed by atoms with E-state index in [1.54, 1.807) is 12.1 Å². The maximum Gasteiger partial charge on any atom is 0.0722 e. The molecule has 2 rings (SSSR count). The van der Waals surface area contributed by atoms with Crippen LogP contribution >= 0.6 is 34.8 Å². The summed E-state index contributed by atoms with van der Waals surface area (Å²) >= 11 is 18.2. The summed E-state index contributed by atoms with van der Waals surface area (Å²) in [6.45, 7) is 2.29. The van der Waals surface area contributed by atoms with Crippen LogP contribution in [-0.4, -0.2) is 6.04 Å². The van der Waals surface area contributed by atoms with Crippen molar-refractivity contribution in [3.63, 3.8) is 0 Å². The van der Waals surface area contributed by atoms with E-state index in [1.807, 2.05) is 0 Å². The van der Waals surface area contributed by atoms with Crippen molar-refractivity contribution in [1.82, 2.24) is 0 Å². The zero-order valence-corrected chi connectivity index (χ0v) is 12.0. The van der Waals surface area contributed by atoms with Crippen molar-refractivity contribution in [2.75, 3.05) is 5.32 Å². The summed E-state index contributed by atoms with van der Waals surface area (Å²) < 4.78 is 0. The molecule has 1 aromatic carbocycles. The first-order valence-corrected chi connectivity index (χ1v) is 7.10. The highest BCUT2D eigenvalue weighted by atomic mass is 35.5. The van der Waals surface area contributed by atoms with Crippen LogP contribution in [0.4, 0.5) is 5.69 Å². The first kappa shape index (κ1) is 13.3. The van der Waals surface area contributed by atoms with E-state index >= 15 is 0 Å². The van der Waals surface area contributed by atoms with E-state index in [4.69, 9.17) is 34.8 Å². The third-order valence-corrected chi connectivity index (χ3v) is 4.11. The standard InChI is InChI=1S/C13H16Cl3N/c1-8-3-2-4-10(5-8)17-13-11(15)6-9(14)7-12(13)16/h6-8,10,17H,2-5H2,1H3. The fourth-order valence-electron chi connectivity index (χ4n) is 2.45. The lowest BCUT2D eigenvalue weighted by Crippen LogP contribution is -2.26. The van der Waals surface area contributed by atoms with Gasteiger partial charge in [-0.15, -0.1) is 0 Å². The Hall–Kier alpha value is -0.110. The van der Waals surface area contributed by atoms with Crippen LogP contribution in [0.1, 0.15) is 32.6 Å². The number of rotatable bonds is 2. The molecule has 17 heavy (non-hydrogen) atoms. The van der Waals surface area contributed by atoms with Crippen LogP contribution < -0.4 is 5.32 Å². The lowest BCUT2D eigenvalue weighted by atomic mass is 9.87. The smallest absolute Gasteiger partial charge is 0.0722 e. The third-order valence-electron chi connectivity index (χ3n) is 3.29. The van der Waals surface area contributed by atoms with Crippen molar-refractivity contribution in [1.29, 1.82) is 0 Å². The molecule has 0 saturated heterocycles. The van der Waals surface area contributed by atoms with Gasteiger partial charge in [-0.1, -0.05) is 54.6 Å². The number of halogens is 3. The van der Waals surface area contributed by atoms with Crippen LogP contribution in [0.5, 0.6) is 0 Å². The second-order valence-corrected chi connectivity index (χ2v) is 6.11. The van der Waals surface area contributed by atoms with Crippen LogP contribution in [0.15, 0.2) is 12.1 Å². The lowest BCUT2D eigenvalue weighted by Gasteiger charge is -2.29. The minimum Gasteiger partial charge on any atom is -0.380 e. The second-order valence-electron chi connectivity index (χ2n) is 4.86. The van der Waals surface area contributed by atoms with Gasteiger partial charge in [-0.2, -0.15) is 0 Å². The fourth-order valence-corrected chi connectivity index (χ4v) is 3.38. The molecule has 0 spiro atoms. The predicted molar refractivity (Wildman–Crippen MR) is 76.5 cm³/mol. The highest BCUT2D eigenvalue weighted by Crippen LogP contribution is 2.36. The maximum atomic E-state index is 6.16. The summed E-state index contributed by atoms with van der Waals surface area (Å²) in [4.78, 5) is 0. The van der Waals surface area contributed by atoms with E-state index < -0.39 is 0 Å². The van der Waals surface area contributed by atoms with Gasteiger partial charge in [0.1, 0.15) is 0 Å². The Morgan fingerprint density at radius 1 is 1.12 bits per heavy atom. The van der Waals surface area contributed by atoms with Crippen molar-refractivity contribution < 1.29 is 0 Å². The van der Waals surface area contributed by atoms with Gasteiger partial charge in [-0.05, 0) is 30.9 Å². The molecule has 2 atom stereocenters. The molecule has 0 heterocycles. The summed E-state index contributed by atoms with van der Waals surface area (Å²) in [7, 11) is 0. The van der Waals surface area contributed by atoms with Gasteiger partial charge in [0.25, 0.3) is 0 Å². The second kappa shape index (κ2) is 5.69. The number of hydrogen-bond acceptors (Lipinski definition) is 1. The van der Waals surface area contributed by atoms with Crippen molar-refractivity contribution in [3.05, 3.63) is 27.2 Å². The Balaban J connectivity index is 2.12. The van der Waals surface area contributed by atoms with Gasteiger partial charge >= 0.3 is 0 Å². The Morgan fingerprint density at radius 3 is 2.35 bits per heavy atom. The van der Waals surface area contributed by atoms with Gasteiger partial charge in [0.2, 0.25) is 0 Å². The lowest BCUT2D eigenvalue weighted by molar-refractivity contribution is 0.358. The fraction of sp³-hybridized carbons (Fsp3) is 0.538. The van der Waals surface area contributed by atoms with E-state index in [2.05, 4.69) is 12.2 Å². The van der Waals surface area contributed by atoms with E-state index in [1.165, 1.54) is 25.7 Å². The van der Waals surface area contributed by atoms with Crippen LogP contribution in [0.3, 0.4) is 0 Å². The summed E-state index contributed by atoms with van der Waals surface area (Å²) in [5.74, 6) is 0.770. The summed E-state index contributed by atoms with van der Waals surface area (Å²) in [6, 6.07) is 3.92. The average molecular weight is 293 g/mol. The van der Waals surface area contributed by atoms with Crippen molar-refractivity contribution in [2.24, 2.45) is 5.92 Å². The number of hydrogen-bond donors (Lipinski definition) is 1. The largest absolute Gasteiger partial charge is 0.380 e. The van der Waals surface area contributed by atoms with Gasteiger partial charge < -0.3 is 5.32 Å². The SMILES string of the molecule is CC1CCCC(Nc2c(Cl)cc(Cl)cc2Cl)C1. The van der Waals surface area contributed by atoms with Crippen LogP contribution in [0.2, 0.25) is 15.1 Å². The molecule has 1 N–H and O–H groups in total. The molecule has 0 aromatic heterocycles. The van der Waals surface area contributed by atoms with Crippen LogP contribution in [0.25, 0.3) is 0 Å². The van der Waals surface area contributed by atoms with Gasteiger partial charge in [-0.25, -0.2) is 0 Å². The van der Waals surface area contributed by atoms with Crippen molar-refractivity contribution in [2.45, 2.75) is 38.6 Å². The molecule has 4 heteroatoms. The van der Waals surface area contributed by atoms with Gasteiger partial charge in [0.15, 0.2) is 0 Å². The molecule has 1 saturated carbocycles. The van der Waals surface area contributed by atoms with Gasteiger partial charge in [0, 0.05) is 11.1 Å². The Morgan fingerprint density at radius 2 is 1.76 bits per heavy atom. The molecular weight excluding hydrogens is 277 g/mol. The number of benzene rings is 1. The van der Waals surface area contributed by atoms with E-state index in [9.17, 15) is 0 Å². The maximum absolute atomic E-state index is 6.16. The third kappa shape index (κ3) is 3.43. The molecule has 0 aliphatic heterocycles. The molecule has 1 fully saturated rings. The minimum absolute atomic E-state index is 0.468. The van der Waals surface area contributed by atoms with E-state index in [0.29, 0.717) is 21.1 Å².